The SMILES string of the molecule is COc1cc(C)ccc1[C@@H](Oc1ccc(C)cc1)[C@H](C)OC(=O)[C@H](C)CC(=O)c1nccc(OC)c1OC(C)=O. The maximum atomic E-state index is 13.2. The van der Waals surface area contributed by atoms with Crippen LogP contribution in [0.5, 0.6) is 23.0 Å². The average molecular weight is 550 g/mol. The third-order valence-corrected chi connectivity index (χ3v) is 6.20. The van der Waals surface area contributed by atoms with Crippen molar-refractivity contribution in [2.75, 3.05) is 14.2 Å². The summed E-state index contributed by atoms with van der Waals surface area (Å²) >= 11 is 0. The molecule has 0 saturated carbocycles. The van der Waals surface area contributed by atoms with Gasteiger partial charge < -0.3 is 23.7 Å². The van der Waals surface area contributed by atoms with Crippen molar-refractivity contribution >= 4 is 17.7 Å². The number of methoxy groups -OCH3 is 2. The number of carbonyl (C=O) groups excluding carboxylic acids is 3. The summed E-state index contributed by atoms with van der Waals surface area (Å²) < 4.78 is 28.1. The molecule has 0 radical (unpaired) electrons. The van der Waals surface area contributed by atoms with Crippen LogP contribution >= 0.6 is 0 Å². The molecule has 1 aromatic heterocycles. The first-order chi connectivity index (χ1) is 19.0. The fraction of sp³-hybridized carbons (Fsp3) is 0.355. The van der Waals surface area contributed by atoms with E-state index in [0.29, 0.717) is 17.1 Å². The summed E-state index contributed by atoms with van der Waals surface area (Å²) in [6, 6.07) is 14.7. The lowest BCUT2D eigenvalue weighted by Crippen LogP contribution is -2.30. The number of esters is 2. The predicted molar refractivity (Wildman–Crippen MR) is 148 cm³/mol. The van der Waals surface area contributed by atoms with Crippen LogP contribution in [0.2, 0.25) is 0 Å². The van der Waals surface area contributed by atoms with Gasteiger partial charge in [0.1, 0.15) is 17.6 Å². The lowest BCUT2D eigenvalue weighted by Gasteiger charge is -2.28. The Kier molecular flexibility index (Phi) is 10.2. The molecule has 0 fully saturated rings. The zero-order valence-electron chi connectivity index (χ0n) is 23.8. The van der Waals surface area contributed by atoms with Gasteiger partial charge in [-0.2, -0.15) is 0 Å². The van der Waals surface area contributed by atoms with E-state index in [2.05, 4.69) is 4.98 Å². The zero-order chi connectivity index (χ0) is 29.4. The van der Waals surface area contributed by atoms with E-state index in [1.165, 1.54) is 26.3 Å². The Hall–Kier alpha value is -4.40. The smallest absolute Gasteiger partial charge is 0.309 e. The minimum atomic E-state index is -0.826. The van der Waals surface area contributed by atoms with E-state index in [9.17, 15) is 14.4 Å². The van der Waals surface area contributed by atoms with Gasteiger partial charge in [0.15, 0.2) is 23.3 Å². The molecule has 40 heavy (non-hydrogen) atoms. The van der Waals surface area contributed by atoms with Crippen LogP contribution in [0.25, 0.3) is 0 Å². The average Bonchev–Trinajstić information content (AvgIpc) is 2.92. The number of nitrogens with zero attached hydrogens (tertiary/aromatic N) is 1. The second-order valence-corrected chi connectivity index (χ2v) is 9.55. The molecule has 0 spiro atoms. The van der Waals surface area contributed by atoms with Crippen LogP contribution in [-0.2, 0) is 14.3 Å². The molecule has 9 heteroatoms. The second kappa shape index (κ2) is 13.6. The summed E-state index contributed by atoms with van der Waals surface area (Å²) in [7, 11) is 2.96. The third-order valence-electron chi connectivity index (χ3n) is 6.20. The number of ketones is 1. The number of hydrogen-bond donors (Lipinski definition) is 0. The maximum absolute atomic E-state index is 13.2. The summed E-state index contributed by atoms with van der Waals surface area (Å²) in [6.45, 7) is 8.45. The number of benzene rings is 2. The van der Waals surface area contributed by atoms with E-state index in [4.69, 9.17) is 23.7 Å². The van der Waals surface area contributed by atoms with Crippen molar-refractivity contribution in [2.24, 2.45) is 5.92 Å². The Morgan fingerprint density at radius 2 is 1.52 bits per heavy atom. The fourth-order valence-corrected chi connectivity index (χ4v) is 4.08. The van der Waals surface area contributed by atoms with Crippen LogP contribution in [0.1, 0.15) is 60.5 Å². The molecule has 0 bridgehead atoms. The Morgan fingerprint density at radius 3 is 2.15 bits per heavy atom. The number of rotatable bonds is 12. The molecule has 212 valence electrons. The molecule has 0 N–H and O–H groups in total. The van der Waals surface area contributed by atoms with E-state index in [1.54, 1.807) is 21.0 Å². The molecule has 0 aliphatic heterocycles. The Bertz CT molecular complexity index is 1350. The van der Waals surface area contributed by atoms with Gasteiger partial charge in [-0.15, -0.1) is 0 Å². The van der Waals surface area contributed by atoms with Crippen molar-refractivity contribution < 1.29 is 38.1 Å². The first-order valence-corrected chi connectivity index (χ1v) is 12.9. The highest BCUT2D eigenvalue weighted by atomic mass is 16.6. The molecule has 3 atom stereocenters. The Balaban J connectivity index is 1.81. The van der Waals surface area contributed by atoms with Gasteiger partial charge in [-0.3, -0.25) is 14.4 Å². The summed E-state index contributed by atoms with van der Waals surface area (Å²) in [5.41, 5.74) is 2.69. The van der Waals surface area contributed by atoms with Crippen LogP contribution in [-0.4, -0.2) is 43.0 Å². The Morgan fingerprint density at radius 1 is 0.875 bits per heavy atom. The van der Waals surface area contributed by atoms with Crippen molar-refractivity contribution in [2.45, 2.75) is 53.2 Å². The van der Waals surface area contributed by atoms with Gasteiger partial charge in [-0.1, -0.05) is 36.8 Å². The van der Waals surface area contributed by atoms with Crippen LogP contribution in [0.15, 0.2) is 54.7 Å². The molecule has 1 heterocycles. The molecule has 2 aromatic carbocycles. The van der Waals surface area contributed by atoms with Crippen LogP contribution in [0, 0.1) is 19.8 Å². The largest absolute Gasteiger partial charge is 0.496 e. The third kappa shape index (κ3) is 7.59. The second-order valence-electron chi connectivity index (χ2n) is 9.55. The van der Waals surface area contributed by atoms with Gasteiger partial charge in [0, 0.05) is 31.2 Å². The van der Waals surface area contributed by atoms with E-state index in [-0.39, 0.29) is 23.6 Å². The molecule has 0 amide bonds. The van der Waals surface area contributed by atoms with Gasteiger partial charge in [0.25, 0.3) is 0 Å². The van der Waals surface area contributed by atoms with Gasteiger partial charge in [0.2, 0.25) is 5.75 Å². The molecule has 3 rings (SSSR count). The van der Waals surface area contributed by atoms with Crippen molar-refractivity contribution in [3.8, 4) is 23.0 Å². The normalized spacial score (nSPS) is 13.0. The number of aryl methyl sites for hydroxylation is 2. The zero-order valence-corrected chi connectivity index (χ0v) is 23.8. The van der Waals surface area contributed by atoms with Crippen molar-refractivity contribution in [3.63, 3.8) is 0 Å². The van der Waals surface area contributed by atoms with E-state index < -0.39 is 35.8 Å². The molecule has 3 aromatic rings. The van der Waals surface area contributed by atoms with Crippen molar-refractivity contribution in [1.29, 1.82) is 0 Å². The quantitative estimate of drug-likeness (QED) is 0.210. The number of carbonyl (C=O) groups is 3. The minimum Gasteiger partial charge on any atom is -0.496 e. The van der Waals surface area contributed by atoms with Crippen LogP contribution < -0.4 is 18.9 Å². The van der Waals surface area contributed by atoms with Gasteiger partial charge in [-0.25, -0.2) is 4.98 Å². The Labute approximate surface area is 234 Å². The molecule has 0 saturated heterocycles. The molecule has 0 unspecified atom stereocenters. The van der Waals surface area contributed by atoms with Gasteiger partial charge in [-0.05, 0) is 44.5 Å². The molecule has 0 aliphatic rings. The molecule has 0 aliphatic carbocycles. The first kappa shape index (κ1) is 30.1. The number of aromatic nitrogens is 1. The fourth-order valence-electron chi connectivity index (χ4n) is 4.08. The number of Topliss-reactive ketones (excluding diaryl/α,β-unsaturated/α-hetero) is 1. The van der Waals surface area contributed by atoms with E-state index >= 15 is 0 Å². The standard InChI is InChI=1S/C31H35NO8/c1-18-8-11-23(12-9-18)40-29(24-13-10-19(2)16-27(24)37-7)21(4)38-31(35)20(3)17-25(34)28-30(39-22(5)33)26(36-6)14-15-32-28/h8-16,20-21,29H,17H2,1-7H3/t20-,21+,29+/m1/s1. The number of hydrogen-bond acceptors (Lipinski definition) is 9. The van der Waals surface area contributed by atoms with Crippen LogP contribution in [0.4, 0.5) is 0 Å². The van der Waals surface area contributed by atoms with Gasteiger partial charge >= 0.3 is 11.9 Å². The van der Waals surface area contributed by atoms with E-state index in [0.717, 1.165) is 11.1 Å². The topological polar surface area (TPSA) is 110 Å². The summed E-state index contributed by atoms with van der Waals surface area (Å²) in [4.78, 5) is 41.9. The monoisotopic (exact) mass is 549 g/mol. The summed E-state index contributed by atoms with van der Waals surface area (Å²) in [5.74, 6) is -1.26. The first-order valence-electron chi connectivity index (χ1n) is 12.9. The molecule has 9 nitrogen and oxygen atoms in total. The van der Waals surface area contributed by atoms with Gasteiger partial charge in [0.05, 0.1) is 20.1 Å². The summed E-state index contributed by atoms with van der Waals surface area (Å²) in [5, 5.41) is 0. The number of ether oxygens (including phenoxy) is 5. The highest BCUT2D eigenvalue weighted by Crippen LogP contribution is 2.35. The highest BCUT2D eigenvalue weighted by Gasteiger charge is 2.31. The maximum Gasteiger partial charge on any atom is 0.309 e. The van der Waals surface area contributed by atoms with Crippen molar-refractivity contribution in [3.05, 3.63) is 77.1 Å². The van der Waals surface area contributed by atoms with E-state index in [1.807, 2.05) is 56.3 Å². The lowest BCUT2D eigenvalue weighted by atomic mass is 10.0. The number of pyridine rings is 1. The minimum absolute atomic E-state index is 0.0885. The molecular weight excluding hydrogens is 514 g/mol. The van der Waals surface area contributed by atoms with Crippen LogP contribution in [0.3, 0.4) is 0 Å². The summed E-state index contributed by atoms with van der Waals surface area (Å²) in [6.07, 6.45) is -0.293. The predicted octanol–water partition coefficient (Wildman–Crippen LogP) is 5.60. The highest BCUT2D eigenvalue weighted by molar-refractivity contribution is 5.99. The van der Waals surface area contributed by atoms with Crippen molar-refractivity contribution in [1.82, 2.24) is 4.98 Å². The lowest BCUT2D eigenvalue weighted by molar-refractivity contribution is -0.157. The molecular formula is C31H35NO8.